The first-order valence-corrected chi connectivity index (χ1v) is 6.95. The van der Waals surface area contributed by atoms with E-state index in [1.165, 1.54) is 11.3 Å². The minimum atomic E-state index is -0.634. The lowest BCUT2D eigenvalue weighted by Gasteiger charge is -2.01. The Labute approximate surface area is 124 Å². The number of para-hydroxylation sites is 1. The minimum absolute atomic E-state index is 0.0973. The van der Waals surface area contributed by atoms with E-state index < -0.39 is 5.91 Å². The van der Waals surface area contributed by atoms with Crippen LogP contribution in [-0.4, -0.2) is 21.6 Å². The highest BCUT2D eigenvalue weighted by Crippen LogP contribution is 2.22. The zero-order valence-corrected chi connectivity index (χ0v) is 11.7. The van der Waals surface area contributed by atoms with E-state index in [1.54, 1.807) is 24.5 Å². The summed E-state index contributed by atoms with van der Waals surface area (Å²) < 4.78 is 0.975. The van der Waals surface area contributed by atoms with Crippen LogP contribution in [0.2, 0.25) is 0 Å². The van der Waals surface area contributed by atoms with Gasteiger partial charge in [-0.25, -0.2) is 4.98 Å². The number of hydrogen-bond donors (Lipinski definition) is 2. The maximum Gasteiger partial charge on any atom is 0.272 e. The van der Waals surface area contributed by atoms with Crippen LogP contribution < -0.4 is 11.2 Å². The van der Waals surface area contributed by atoms with Crippen molar-refractivity contribution in [1.29, 1.82) is 0 Å². The molecule has 0 unspecified atom stereocenters. The molecule has 2 heterocycles. The van der Waals surface area contributed by atoms with Gasteiger partial charge in [0.15, 0.2) is 10.7 Å². The predicted molar refractivity (Wildman–Crippen MR) is 83.2 cm³/mol. The van der Waals surface area contributed by atoms with E-state index in [0.29, 0.717) is 10.7 Å². The fourth-order valence-electron chi connectivity index (χ4n) is 1.73. The summed E-state index contributed by atoms with van der Waals surface area (Å²) >= 11 is 1.37. The number of anilines is 1. The second kappa shape index (κ2) is 5.68. The zero-order valence-electron chi connectivity index (χ0n) is 10.9. The standard InChI is InChI=1S/C14H11N5OS/c15-13(20)12(19-18-9-4-3-7-16-8-9)14-17-10-5-1-2-6-11(10)21-14/h1-8,18H,(H2,15,20)/b19-12-. The molecule has 1 aromatic carbocycles. The van der Waals surface area contributed by atoms with Crippen LogP contribution in [0.1, 0.15) is 5.01 Å². The molecule has 0 bridgehead atoms. The minimum Gasteiger partial charge on any atom is -0.364 e. The van der Waals surface area contributed by atoms with E-state index in [0.717, 1.165) is 10.2 Å². The molecule has 3 rings (SSSR count). The Morgan fingerprint density at radius 3 is 2.81 bits per heavy atom. The van der Waals surface area contributed by atoms with Crippen LogP contribution in [0.25, 0.3) is 10.2 Å². The lowest BCUT2D eigenvalue weighted by atomic mass is 10.3. The van der Waals surface area contributed by atoms with Crippen molar-refractivity contribution < 1.29 is 4.79 Å². The van der Waals surface area contributed by atoms with Crippen LogP contribution in [-0.2, 0) is 4.79 Å². The van der Waals surface area contributed by atoms with Crippen molar-refractivity contribution in [3.8, 4) is 0 Å². The van der Waals surface area contributed by atoms with Crippen LogP contribution in [0.4, 0.5) is 5.69 Å². The second-order valence-electron chi connectivity index (χ2n) is 4.16. The third-order valence-electron chi connectivity index (χ3n) is 2.69. The van der Waals surface area contributed by atoms with Gasteiger partial charge in [0, 0.05) is 6.20 Å². The maximum atomic E-state index is 11.6. The molecule has 0 spiro atoms. The number of rotatable bonds is 4. The summed E-state index contributed by atoms with van der Waals surface area (Å²) in [6.45, 7) is 0. The Bertz CT molecular complexity index is 779. The zero-order chi connectivity index (χ0) is 14.7. The molecule has 6 nitrogen and oxygen atoms in total. The highest BCUT2D eigenvalue weighted by atomic mass is 32.1. The van der Waals surface area contributed by atoms with Gasteiger partial charge in [0.2, 0.25) is 0 Å². The van der Waals surface area contributed by atoms with Crippen LogP contribution in [0.5, 0.6) is 0 Å². The van der Waals surface area contributed by atoms with Gasteiger partial charge in [0.25, 0.3) is 5.91 Å². The first-order chi connectivity index (χ1) is 10.2. The summed E-state index contributed by atoms with van der Waals surface area (Å²) in [5.41, 5.74) is 9.73. The molecular weight excluding hydrogens is 286 g/mol. The summed E-state index contributed by atoms with van der Waals surface area (Å²) in [7, 11) is 0. The van der Waals surface area contributed by atoms with E-state index in [1.807, 2.05) is 24.3 Å². The average Bonchev–Trinajstić information content (AvgIpc) is 2.91. The molecule has 0 radical (unpaired) electrons. The number of primary amides is 1. The van der Waals surface area contributed by atoms with Crippen molar-refractivity contribution in [3.63, 3.8) is 0 Å². The molecule has 3 N–H and O–H groups in total. The molecule has 104 valence electrons. The SMILES string of the molecule is NC(=O)/C(=N/Nc1cccnc1)c1nc2ccccc2s1. The molecule has 21 heavy (non-hydrogen) atoms. The quantitative estimate of drug-likeness (QED) is 0.569. The Morgan fingerprint density at radius 1 is 1.24 bits per heavy atom. The highest BCUT2D eigenvalue weighted by molar-refractivity contribution is 7.21. The summed E-state index contributed by atoms with van der Waals surface area (Å²) in [6, 6.07) is 11.2. The van der Waals surface area contributed by atoms with Gasteiger partial charge in [-0.1, -0.05) is 12.1 Å². The average molecular weight is 297 g/mol. The second-order valence-corrected chi connectivity index (χ2v) is 5.20. The predicted octanol–water partition coefficient (Wildman–Crippen LogP) is 1.99. The number of aromatic nitrogens is 2. The third kappa shape index (κ3) is 2.87. The van der Waals surface area contributed by atoms with Gasteiger partial charge in [-0.05, 0) is 24.3 Å². The van der Waals surface area contributed by atoms with Gasteiger partial charge in [-0.3, -0.25) is 15.2 Å². The van der Waals surface area contributed by atoms with Crippen LogP contribution >= 0.6 is 11.3 Å². The van der Waals surface area contributed by atoms with Gasteiger partial charge in [0.05, 0.1) is 22.1 Å². The summed E-state index contributed by atoms with van der Waals surface area (Å²) in [5, 5.41) is 4.55. The molecule has 3 aromatic rings. The summed E-state index contributed by atoms with van der Waals surface area (Å²) in [6.07, 6.45) is 3.25. The topological polar surface area (TPSA) is 93.3 Å². The number of hydrazone groups is 1. The molecule has 0 fully saturated rings. The normalized spacial score (nSPS) is 11.5. The number of nitrogens with one attached hydrogen (secondary N) is 1. The van der Waals surface area contributed by atoms with Crippen LogP contribution in [0.15, 0.2) is 53.9 Å². The van der Waals surface area contributed by atoms with E-state index >= 15 is 0 Å². The molecule has 0 atom stereocenters. The number of thiazole rings is 1. The van der Waals surface area contributed by atoms with Crippen molar-refractivity contribution in [1.82, 2.24) is 9.97 Å². The maximum absolute atomic E-state index is 11.6. The van der Waals surface area contributed by atoms with Crippen LogP contribution in [0, 0.1) is 0 Å². The third-order valence-corrected chi connectivity index (χ3v) is 3.73. The molecule has 0 aliphatic heterocycles. The van der Waals surface area contributed by atoms with Crippen molar-refractivity contribution in [2.45, 2.75) is 0 Å². The molecule has 0 saturated carbocycles. The van der Waals surface area contributed by atoms with Crippen LogP contribution in [0.3, 0.4) is 0 Å². The van der Waals surface area contributed by atoms with Crippen molar-refractivity contribution in [2.24, 2.45) is 10.8 Å². The number of carbonyl (C=O) groups excluding carboxylic acids is 1. The lowest BCUT2D eigenvalue weighted by molar-refractivity contribution is -0.111. The molecule has 0 saturated heterocycles. The first-order valence-electron chi connectivity index (χ1n) is 6.13. The number of nitrogens with zero attached hydrogens (tertiary/aromatic N) is 3. The smallest absolute Gasteiger partial charge is 0.272 e. The van der Waals surface area contributed by atoms with E-state index in [4.69, 9.17) is 5.73 Å². The fourth-order valence-corrected chi connectivity index (χ4v) is 2.69. The molecule has 0 aliphatic rings. The summed E-state index contributed by atoms with van der Waals surface area (Å²) in [5.74, 6) is -0.634. The van der Waals surface area contributed by atoms with Gasteiger partial charge in [0.1, 0.15) is 0 Å². The molecule has 7 heteroatoms. The summed E-state index contributed by atoms with van der Waals surface area (Å²) in [4.78, 5) is 19.9. The number of benzene rings is 1. The number of fused-ring (bicyclic) bond motifs is 1. The number of amides is 1. The van der Waals surface area contributed by atoms with Gasteiger partial charge in [-0.2, -0.15) is 5.10 Å². The highest BCUT2D eigenvalue weighted by Gasteiger charge is 2.15. The Kier molecular flexibility index (Phi) is 3.57. The number of carbonyl (C=O) groups is 1. The van der Waals surface area contributed by atoms with Crippen molar-refractivity contribution in [2.75, 3.05) is 5.43 Å². The lowest BCUT2D eigenvalue weighted by Crippen LogP contribution is -2.25. The number of nitrogens with two attached hydrogens (primary N) is 1. The van der Waals surface area contributed by atoms with E-state index in [-0.39, 0.29) is 5.71 Å². The van der Waals surface area contributed by atoms with Gasteiger partial charge in [-0.15, -0.1) is 11.3 Å². The Morgan fingerprint density at radius 2 is 2.10 bits per heavy atom. The first kappa shape index (κ1) is 13.2. The largest absolute Gasteiger partial charge is 0.364 e. The number of hydrogen-bond acceptors (Lipinski definition) is 6. The molecule has 1 amide bonds. The monoisotopic (exact) mass is 297 g/mol. The van der Waals surface area contributed by atoms with E-state index in [2.05, 4.69) is 20.5 Å². The fraction of sp³-hybridized carbons (Fsp3) is 0. The van der Waals surface area contributed by atoms with Gasteiger partial charge < -0.3 is 5.73 Å². The Balaban J connectivity index is 1.96. The van der Waals surface area contributed by atoms with Crippen molar-refractivity contribution >= 4 is 38.9 Å². The van der Waals surface area contributed by atoms with Gasteiger partial charge >= 0.3 is 0 Å². The molecule has 0 aliphatic carbocycles. The Hall–Kier alpha value is -2.80. The van der Waals surface area contributed by atoms with E-state index in [9.17, 15) is 4.79 Å². The molecular formula is C14H11N5OS. The molecule has 2 aromatic heterocycles. The van der Waals surface area contributed by atoms with Crippen molar-refractivity contribution in [3.05, 3.63) is 53.8 Å². The number of pyridine rings is 1.